The van der Waals surface area contributed by atoms with Gasteiger partial charge in [0.05, 0.1) is 11.3 Å². The average Bonchev–Trinajstić information content (AvgIpc) is 3.02. The topological polar surface area (TPSA) is 38.7 Å². The van der Waals surface area contributed by atoms with Crippen LogP contribution in [0.3, 0.4) is 0 Å². The van der Waals surface area contributed by atoms with Crippen LogP contribution in [0.5, 0.6) is 0 Å². The van der Waals surface area contributed by atoms with E-state index in [1.807, 2.05) is 91.3 Å². The van der Waals surface area contributed by atoms with Crippen molar-refractivity contribution in [1.82, 2.24) is 15.0 Å². The van der Waals surface area contributed by atoms with Gasteiger partial charge in [0.1, 0.15) is 0 Å². The van der Waals surface area contributed by atoms with Gasteiger partial charge < -0.3 is 4.98 Å². The molecular formula is C36H25IrN3-2. The molecule has 0 unspecified atom stereocenters. The van der Waals surface area contributed by atoms with E-state index in [1.54, 1.807) is 0 Å². The van der Waals surface area contributed by atoms with Crippen molar-refractivity contribution in [2.24, 2.45) is 0 Å². The van der Waals surface area contributed by atoms with E-state index in [0.717, 1.165) is 38.9 Å². The number of aromatic nitrogens is 3. The standard InChI is InChI=1S/C18H11N2.C18H14N.Ir/c1-2-7-14(8-3-1)18-19-12-15-11-10-13-6-4-5-9-16(13)17(15)20-18;1-14-12-18(16-10-6-3-7-11-16)19-13-17(14)15-8-4-2-5-9-15;/h1-7,9-12H;2-10,12-13H,1H3;/q2*-1;. The molecule has 0 saturated heterocycles. The SMILES string of the molecule is Cc1cc(-c2[c-]cccc2)ncc1-c1ccccc1.[Ir].[c-]1ccccc1-c1ncc2ccc3ccccc3c2n1. The molecule has 5 aromatic carbocycles. The minimum atomic E-state index is 0. The Morgan fingerprint density at radius 2 is 1.27 bits per heavy atom. The number of hydrogen-bond acceptors (Lipinski definition) is 3. The molecule has 2 aromatic heterocycles. The molecule has 3 nitrogen and oxygen atoms in total. The number of rotatable bonds is 3. The van der Waals surface area contributed by atoms with Gasteiger partial charge in [0, 0.05) is 48.8 Å². The van der Waals surface area contributed by atoms with Crippen LogP contribution in [-0.4, -0.2) is 15.0 Å². The minimum absolute atomic E-state index is 0. The smallest absolute Gasteiger partial charge is 0.0756 e. The molecule has 195 valence electrons. The molecule has 0 bridgehead atoms. The number of nitrogens with zero attached hydrogens (tertiary/aromatic N) is 3. The third-order valence-electron chi connectivity index (χ3n) is 6.61. The first-order chi connectivity index (χ1) is 19.3. The van der Waals surface area contributed by atoms with E-state index in [-0.39, 0.29) is 20.1 Å². The fourth-order valence-corrected chi connectivity index (χ4v) is 4.60. The van der Waals surface area contributed by atoms with Gasteiger partial charge in [-0.1, -0.05) is 72.8 Å². The van der Waals surface area contributed by atoms with Crippen LogP contribution in [0.15, 0.2) is 134 Å². The van der Waals surface area contributed by atoms with E-state index in [2.05, 4.69) is 71.5 Å². The normalized spacial score (nSPS) is 10.4. The Morgan fingerprint density at radius 1 is 0.600 bits per heavy atom. The summed E-state index contributed by atoms with van der Waals surface area (Å²) < 4.78 is 0. The zero-order valence-electron chi connectivity index (χ0n) is 21.9. The summed E-state index contributed by atoms with van der Waals surface area (Å²) in [5, 5.41) is 3.41. The number of pyridine rings is 1. The van der Waals surface area contributed by atoms with Gasteiger partial charge in [-0.25, -0.2) is 0 Å². The van der Waals surface area contributed by atoms with Crippen LogP contribution in [0.25, 0.3) is 55.4 Å². The fraction of sp³-hybridized carbons (Fsp3) is 0.0278. The molecule has 0 amide bonds. The Hall–Kier alpha value is -4.50. The second kappa shape index (κ2) is 12.6. The molecule has 4 heteroatoms. The molecule has 0 N–H and O–H groups in total. The molecule has 0 saturated carbocycles. The van der Waals surface area contributed by atoms with Crippen LogP contribution < -0.4 is 0 Å². The summed E-state index contributed by atoms with van der Waals surface area (Å²) in [6, 6.07) is 47.0. The minimum Gasteiger partial charge on any atom is -0.304 e. The molecule has 7 aromatic rings. The van der Waals surface area contributed by atoms with E-state index in [1.165, 1.54) is 22.1 Å². The molecule has 0 aliphatic heterocycles. The Labute approximate surface area is 248 Å². The molecule has 0 spiro atoms. The largest absolute Gasteiger partial charge is 0.304 e. The summed E-state index contributed by atoms with van der Waals surface area (Å²) in [5.74, 6) is 0.717. The van der Waals surface area contributed by atoms with Crippen molar-refractivity contribution in [3.63, 3.8) is 0 Å². The summed E-state index contributed by atoms with van der Waals surface area (Å²) in [7, 11) is 0. The van der Waals surface area contributed by atoms with E-state index < -0.39 is 0 Å². The number of hydrogen-bond donors (Lipinski definition) is 0. The number of benzene rings is 5. The predicted molar refractivity (Wildman–Crippen MR) is 160 cm³/mol. The van der Waals surface area contributed by atoms with Crippen LogP contribution in [0, 0.1) is 19.1 Å². The van der Waals surface area contributed by atoms with Gasteiger partial charge in [-0.15, -0.1) is 71.8 Å². The van der Waals surface area contributed by atoms with Crippen molar-refractivity contribution in [2.75, 3.05) is 0 Å². The Kier molecular flexibility index (Phi) is 8.51. The number of aryl methyl sites for hydroxylation is 1. The summed E-state index contributed by atoms with van der Waals surface area (Å²) in [6.45, 7) is 2.12. The van der Waals surface area contributed by atoms with Crippen LogP contribution in [0.2, 0.25) is 0 Å². The van der Waals surface area contributed by atoms with Crippen molar-refractivity contribution in [2.45, 2.75) is 6.92 Å². The van der Waals surface area contributed by atoms with Gasteiger partial charge in [-0.2, -0.15) is 0 Å². The van der Waals surface area contributed by atoms with Gasteiger partial charge in [0.25, 0.3) is 0 Å². The summed E-state index contributed by atoms with van der Waals surface area (Å²) in [6.07, 6.45) is 3.83. The Balaban J connectivity index is 0.000000158. The van der Waals surface area contributed by atoms with Crippen LogP contribution >= 0.6 is 0 Å². The van der Waals surface area contributed by atoms with E-state index in [4.69, 9.17) is 4.98 Å². The summed E-state index contributed by atoms with van der Waals surface area (Å²) in [4.78, 5) is 13.7. The van der Waals surface area contributed by atoms with Crippen LogP contribution in [-0.2, 0) is 20.1 Å². The average molecular weight is 692 g/mol. The Bertz CT molecular complexity index is 1850. The first-order valence-electron chi connectivity index (χ1n) is 12.9. The molecule has 0 atom stereocenters. The first-order valence-corrected chi connectivity index (χ1v) is 12.9. The van der Waals surface area contributed by atoms with E-state index >= 15 is 0 Å². The summed E-state index contributed by atoms with van der Waals surface area (Å²) >= 11 is 0. The van der Waals surface area contributed by atoms with Gasteiger partial charge in [-0.05, 0) is 29.1 Å². The van der Waals surface area contributed by atoms with Crippen molar-refractivity contribution in [3.8, 4) is 33.8 Å². The van der Waals surface area contributed by atoms with E-state index in [0.29, 0.717) is 0 Å². The quantitative estimate of drug-likeness (QED) is 0.137. The predicted octanol–water partition coefficient (Wildman–Crippen LogP) is 8.77. The third-order valence-corrected chi connectivity index (χ3v) is 6.61. The zero-order valence-corrected chi connectivity index (χ0v) is 24.3. The van der Waals surface area contributed by atoms with Crippen molar-refractivity contribution in [1.29, 1.82) is 0 Å². The fourth-order valence-electron chi connectivity index (χ4n) is 4.60. The number of fused-ring (bicyclic) bond motifs is 3. The van der Waals surface area contributed by atoms with Crippen LogP contribution in [0.1, 0.15) is 5.56 Å². The monoisotopic (exact) mass is 692 g/mol. The molecule has 2 heterocycles. The molecule has 0 fully saturated rings. The second-order valence-corrected chi connectivity index (χ2v) is 9.22. The van der Waals surface area contributed by atoms with E-state index in [9.17, 15) is 0 Å². The molecular weight excluding hydrogens is 667 g/mol. The molecule has 0 aliphatic rings. The zero-order chi connectivity index (χ0) is 26.4. The molecule has 7 rings (SSSR count). The third kappa shape index (κ3) is 5.89. The summed E-state index contributed by atoms with van der Waals surface area (Å²) in [5.41, 5.74) is 7.53. The Morgan fingerprint density at radius 3 is 2.00 bits per heavy atom. The second-order valence-electron chi connectivity index (χ2n) is 9.22. The van der Waals surface area contributed by atoms with Crippen molar-refractivity contribution >= 4 is 21.7 Å². The van der Waals surface area contributed by atoms with Crippen LogP contribution in [0.4, 0.5) is 0 Å². The van der Waals surface area contributed by atoms with Crippen molar-refractivity contribution in [3.05, 3.63) is 151 Å². The molecule has 1 radical (unpaired) electrons. The molecule has 40 heavy (non-hydrogen) atoms. The first kappa shape index (κ1) is 27.1. The maximum Gasteiger partial charge on any atom is 0.0756 e. The molecule has 0 aliphatic carbocycles. The van der Waals surface area contributed by atoms with Crippen molar-refractivity contribution < 1.29 is 20.1 Å². The van der Waals surface area contributed by atoms with Gasteiger partial charge in [0.2, 0.25) is 0 Å². The van der Waals surface area contributed by atoms with Gasteiger partial charge in [-0.3, -0.25) is 9.97 Å². The maximum absolute atomic E-state index is 4.73. The van der Waals surface area contributed by atoms with Gasteiger partial charge >= 0.3 is 0 Å². The maximum atomic E-state index is 4.73. The van der Waals surface area contributed by atoms with Gasteiger partial charge in [0.15, 0.2) is 0 Å².